The van der Waals surface area contributed by atoms with Crippen molar-refractivity contribution in [2.24, 2.45) is 11.6 Å². The van der Waals surface area contributed by atoms with E-state index in [0.717, 1.165) is 0 Å². The van der Waals surface area contributed by atoms with E-state index in [1.807, 2.05) is 22.6 Å². The summed E-state index contributed by atoms with van der Waals surface area (Å²) >= 11 is 1.88. The number of hydrogen-bond donors (Lipinski definition) is 1. The van der Waals surface area contributed by atoms with Gasteiger partial charge >= 0.3 is 0 Å². The van der Waals surface area contributed by atoms with Gasteiger partial charge < -0.3 is 5.72 Å². The molecular formula is C8H14IN. The minimum atomic E-state index is -1.99. The quantitative estimate of drug-likeness (QED) is 0.434. The highest BCUT2D eigenvalue weighted by atomic mass is 127. The lowest BCUT2D eigenvalue weighted by molar-refractivity contribution is 0.457. The topological polar surface area (TPSA) is 26.0 Å². The van der Waals surface area contributed by atoms with Crippen molar-refractivity contribution in [1.82, 2.24) is 0 Å². The van der Waals surface area contributed by atoms with E-state index in [-0.39, 0.29) is 5.72 Å². The third kappa shape index (κ3) is 1.72. The fourth-order valence-corrected chi connectivity index (χ4v) is 1.92. The van der Waals surface area contributed by atoms with Gasteiger partial charge in [0.15, 0.2) is 0 Å². The number of allylic oxidation sites excluding steroid dienone is 1. The van der Waals surface area contributed by atoms with Crippen molar-refractivity contribution in [3.05, 3.63) is 11.6 Å². The Labute approximate surface area is 84.7 Å². The van der Waals surface area contributed by atoms with Crippen LogP contribution in [0, 0.1) is 5.89 Å². The molecule has 2 N–H and O–H groups in total. The monoisotopic (exact) mass is 257 g/mol. The van der Waals surface area contributed by atoms with Gasteiger partial charge in [-0.1, -0.05) is 41.2 Å². The van der Waals surface area contributed by atoms with Gasteiger partial charge in [-0.25, -0.2) is 0 Å². The van der Waals surface area contributed by atoms with Crippen LogP contribution in [0.2, 0.25) is 2.82 Å². The molecule has 0 aromatic heterocycles. The van der Waals surface area contributed by atoms with E-state index in [4.69, 9.17) is 8.31 Å². The molecule has 0 saturated carbocycles. The van der Waals surface area contributed by atoms with Gasteiger partial charge in [0, 0.05) is 14.1 Å². The van der Waals surface area contributed by atoms with Gasteiger partial charge in [0.25, 0.3) is 0 Å². The Balaban J connectivity index is 3.45. The van der Waals surface area contributed by atoms with Crippen molar-refractivity contribution in [3.63, 3.8) is 0 Å². The standard InChI is InChI=1S/C8H14IN/c1-5-3-7(9)4-6(2)8(5)10/h3,6-8H,4,10H2,1-2H3/i4D2,6D,8D/hD2. The zero-order chi connectivity index (χ0) is 12.9. The molecule has 0 saturated heterocycles. The van der Waals surface area contributed by atoms with E-state index in [2.05, 4.69) is 0 Å². The van der Waals surface area contributed by atoms with E-state index >= 15 is 0 Å². The molecule has 10 heavy (non-hydrogen) atoms. The predicted octanol–water partition coefficient (Wildman–Crippen LogP) is 2.10. The van der Waals surface area contributed by atoms with E-state index in [0.29, 0.717) is 5.57 Å². The van der Waals surface area contributed by atoms with E-state index in [9.17, 15) is 0 Å². The Morgan fingerprint density at radius 2 is 2.80 bits per heavy atom. The molecule has 3 atom stereocenters. The summed E-state index contributed by atoms with van der Waals surface area (Å²) in [6.45, 7) is 2.84. The molecule has 0 aromatic rings. The number of rotatable bonds is 1. The van der Waals surface area contributed by atoms with Crippen LogP contribution in [0.15, 0.2) is 11.6 Å². The van der Waals surface area contributed by atoms with Crippen LogP contribution >= 0.6 is 22.6 Å². The Kier molecular flexibility index (Phi) is 1.11. The highest BCUT2D eigenvalue weighted by molar-refractivity contribution is 14.1. The highest BCUT2D eigenvalue weighted by Crippen LogP contribution is 2.26. The van der Waals surface area contributed by atoms with Gasteiger partial charge in [0.2, 0.25) is 0 Å². The molecule has 2 heteroatoms. The average Bonchev–Trinajstić information content (AvgIpc) is 2.13. The molecule has 0 amide bonds. The van der Waals surface area contributed by atoms with E-state index in [1.54, 1.807) is 6.92 Å². The maximum atomic E-state index is 8.08. The van der Waals surface area contributed by atoms with E-state index in [1.165, 1.54) is 13.0 Å². The van der Waals surface area contributed by atoms with Crippen LogP contribution in [0.1, 0.15) is 25.7 Å². The van der Waals surface area contributed by atoms with Crippen molar-refractivity contribution in [2.75, 3.05) is 0 Å². The predicted molar refractivity (Wildman–Crippen MR) is 53.3 cm³/mol. The molecule has 1 nitrogen and oxygen atoms in total. The minimum Gasteiger partial charge on any atom is -0.324 e. The van der Waals surface area contributed by atoms with Gasteiger partial charge in [-0.3, -0.25) is 0 Å². The van der Waals surface area contributed by atoms with Crippen molar-refractivity contribution < 1.29 is 8.31 Å². The molecule has 0 fully saturated rings. The third-order valence-electron chi connectivity index (χ3n) is 1.48. The largest absolute Gasteiger partial charge is 0.324 e. The molecule has 0 radical (unpaired) electrons. The molecule has 0 aromatic carbocycles. The lowest BCUT2D eigenvalue weighted by atomic mass is 9.87. The Bertz CT molecular complexity index is 328. The van der Waals surface area contributed by atoms with Crippen LogP contribution in [0.4, 0.5) is 0 Å². The maximum Gasteiger partial charge on any atom is 0.119 e. The van der Waals surface area contributed by atoms with Gasteiger partial charge in [0.05, 0.1) is 1.37 Å². The maximum absolute atomic E-state index is 8.08. The Hall–Kier alpha value is 0.430. The number of hydrogen-bond acceptors (Lipinski definition) is 1. The minimum absolute atomic E-state index is 0.117. The molecule has 0 bridgehead atoms. The SMILES string of the molecule is [2H]N([2H])C1([2H])C(C)=CC(I)C([2H])([2H])C1([2H])C. The normalized spacial score (nSPS) is 70.0. The average molecular weight is 257 g/mol. The van der Waals surface area contributed by atoms with Crippen molar-refractivity contribution in [2.45, 2.75) is 30.2 Å². The smallest absolute Gasteiger partial charge is 0.119 e. The molecule has 0 aliphatic heterocycles. The van der Waals surface area contributed by atoms with E-state index < -0.39 is 22.2 Å². The second-order valence-electron chi connectivity index (χ2n) is 2.37. The van der Waals surface area contributed by atoms with Crippen molar-refractivity contribution in [1.29, 1.82) is 0 Å². The van der Waals surface area contributed by atoms with Gasteiger partial charge in [-0.05, 0) is 19.2 Å². The lowest BCUT2D eigenvalue weighted by Crippen LogP contribution is -2.34. The number of alkyl halides is 1. The number of nitrogens with two attached hydrogens (primary N) is 1. The van der Waals surface area contributed by atoms with Crippen LogP contribution in [-0.4, -0.2) is 9.94 Å². The first-order valence-corrected chi connectivity index (χ1v) is 4.35. The second kappa shape index (κ2) is 3.22. The summed E-state index contributed by atoms with van der Waals surface area (Å²) in [6.07, 6.45) is -0.435. The highest BCUT2D eigenvalue weighted by Gasteiger charge is 2.21. The van der Waals surface area contributed by atoms with Crippen LogP contribution in [0.5, 0.6) is 0 Å². The lowest BCUT2D eigenvalue weighted by Gasteiger charge is -2.27. The molecule has 0 spiro atoms. The second-order valence-corrected chi connectivity index (χ2v) is 3.71. The van der Waals surface area contributed by atoms with Gasteiger partial charge in [-0.2, -0.15) is 0 Å². The summed E-state index contributed by atoms with van der Waals surface area (Å²) in [5.41, 5.74) is 0.483. The zero-order valence-electron chi connectivity index (χ0n) is 12.0. The molecule has 0 heterocycles. The van der Waals surface area contributed by atoms with Crippen LogP contribution in [-0.2, 0) is 0 Å². The first kappa shape index (κ1) is 3.44. The van der Waals surface area contributed by atoms with Gasteiger partial charge in [-0.15, -0.1) is 0 Å². The van der Waals surface area contributed by atoms with Crippen molar-refractivity contribution >= 4 is 22.6 Å². The third-order valence-corrected chi connectivity index (χ3v) is 2.15. The first-order valence-electron chi connectivity index (χ1n) is 6.00. The summed E-state index contributed by atoms with van der Waals surface area (Å²) in [5.74, 6) is -1.88. The molecular weight excluding hydrogens is 237 g/mol. The van der Waals surface area contributed by atoms with Crippen LogP contribution in [0.25, 0.3) is 0 Å². The van der Waals surface area contributed by atoms with Crippen LogP contribution in [0.3, 0.4) is 0 Å². The summed E-state index contributed by atoms with van der Waals surface area (Å²) in [5, 5.41) is 0. The Morgan fingerprint density at radius 1 is 2.10 bits per heavy atom. The van der Waals surface area contributed by atoms with Gasteiger partial charge in [0.1, 0.15) is 2.82 Å². The molecule has 3 unspecified atom stereocenters. The molecule has 58 valence electrons. The molecule has 1 aliphatic rings. The number of halogens is 1. The Morgan fingerprint density at radius 3 is 3.40 bits per heavy atom. The summed E-state index contributed by atoms with van der Waals surface area (Å²) in [4.78, 5) is 0. The summed E-state index contributed by atoms with van der Waals surface area (Å²) < 4.78 is 46.0. The van der Waals surface area contributed by atoms with Crippen LogP contribution < -0.4 is 5.72 Å². The zero-order valence-corrected chi connectivity index (χ0v) is 8.14. The van der Waals surface area contributed by atoms with Crippen molar-refractivity contribution in [3.8, 4) is 0 Å². The summed E-state index contributed by atoms with van der Waals surface area (Å²) in [6, 6.07) is -1.99. The fourth-order valence-electron chi connectivity index (χ4n) is 0.911. The molecule has 1 aliphatic carbocycles. The fraction of sp³-hybridized carbons (Fsp3) is 0.750. The summed E-state index contributed by atoms with van der Waals surface area (Å²) in [7, 11) is 0. The first-order chi connectivity index (χ1) is 6.99. The molecule has 1 rings (SSSR count).